The Morgan fingerprint density at radius 1 is 1.09 bits per heavy atom. The maximum atomic E-state index is 14.0. The second kappa shape index (κ2) is 9.38. The first-order chi connectivity index (χ1) is 17.0. The molecule has 35 heavy (non-hydrogen) atoms. The van der Waals surface area contributed by atoms with Crippen LogP contribution < -0.4 is 15.3 Å². The summed E-state index contributed by atoms with van der Waals surface area (Å²) in [6, 6.07) is 16.1. The molecule has 0 N–H and O–H groups in total. The Kier molecular flexibility index (Phi) is 5.97. The topological polar surface area (TPSA) is 89.0 Å². The lowest BCUT2D eigenvalue weighted by Gasteiger charge is -2.17. The lowest BCUT2D eigenvalue weighted by atomic mass is 10.1. The van der Waals surface area contributed by atoms with E-state index in [9.17, 15) is 13.6 Å². The summed E-state index contributed by atoms with van der Waals surface area (Å²) in [5.74, 6) is 0.450. The molecule has 1 aliphatic heterocycles. The molecule has 10 heteroatoms. The Balaban J connectivity index is 1.30. The van der Waals surface area contributed by atoms with Crippen LogP contribution >= 0.6 is 0 Å². The minimum Gasteiger partial charge on any atom is -0.457 e. The molecule has 1 fully saturated rings. The molecule has 0 amide bonds. The van der Waals surface area contributed by atoms with Crippen LogP contribution in [0.1, 0.15) is 12.0 Å². The monoisotopic (exact) mass is 474 g/mol. The van der Waals surface area contributed by atoms with E-state index in [0.29, 0.717) is 23.7 Å². The second-order valence-electron chi connectivity index (χ2n) is 8.16. The highest BCUT2D eigenvalue weighted by Gasteiger charge is 2.23. The SMILES string of the molecule is N#C[C@@H]1CCN(c2cc(Oc3ccc(-n4ncn(Cc5c(F)cccc5F)c4=O)cc3)ccn2)C1. The number of halogens is 2. The Morgan fingerprint density at radius 3 is 2.57 bits per heavy atom. The van der Waals surface area contributed by atoms with Crippen LogP contribution in [0.3, 0.4) is 0 Å². The van der Waals surface area contributed by atoms with E-state index in [1.165, 1.54) is 12.4 Å². The van der Waals surface area contributed by atoms with E-state index in [1.807, 2.05) is 6.07 Å². The van der Waals surface area contributed by atoms with Gasteiger partial charge in [0, 0.05) is 30.9 Å². The van der Waals surface area contributed by atoms with Gasteiger partial charge in [-0.25, -0.2) is 18.6 Å². The van der Waals surface area contributed by atoms with Crippen LogP contribution in [0.25, 0.3) is 5.69 Å². The second-order valence-corrected chi connectivity index (χ2v) is 8.16. The van der Waals surface area contributed by atoms with Gasteiger partial charge in [0.2, 0.25) is 0 Å². The molecule has 1 saturated heterocycles. The van der Waals surface area contributed by atoms with Gasteiger partial charge in [-0.1, -0.05) is 6.07 Å². The quantitative estimate of drug-likeness (QED) is 0.421. The van der Waals surface area contributed by atoms with E-state index in [0.717, 1.165) is 40.2 Å². The molecule has 0 radical (unpaired) electrons. The molecule has 3 heterocycles. The summed E-state index contributed by atoms with van der Waals surface area (Å²) < 4.78 is 36.1. The standard InChI is InChI=1S/C25H20F2N6O2/c26-22-2-1-3-23(27)21(22)15-32-16-30-33(25(32)34)18-4-6-19(7-5-18)35-20-8-10-29-24(12-20)31-11-9-17(13-28)14-31/h1-8,10,12,16-17H,9,11,14-15H2/t17-/m0/s1. The molecule has 0 unspecified atom stereocenters. The van der Waals surface area contributed by atoms with Crippen molar-refractivity contribution in [2.24, 2.45) is 5.92 Å². The van der Waals surface area contributed by atoms with Crippen LogP contribution in [0.5, 0.6) is 11.5 Å². The van der Waals surface area contributed by atoms with Gasteiger partial charge in [-0.3, -0.25) is 4.57 Å². The fraction of sp³-hybridized carbons (Fsp3) is 0.200. The van der Waals surface area contributed by atoms with Crippen molar-refractivity contribution in [3.8, 4) is 23.3 Å². The average Bonchev–Trinajstić information content (AvgIpc) is 3.49. The van der Waals surface area contributed by atoms with E-state index < -0.39 is 17.3 Å². The highest BCUT2D eigenvalue weighted by molar-refractivity contribution is 5.47. The third kappa shape index (κ3) is 4.61. The third-order valence-electron chi connectivity index (χ3n) is 5.85. The Hall–Kier alpha value is -4.52. The Labute approximate surface area is 199 Å². The predicted molar refractivity (Wildman–Crippen MR) is 124 cm³/mol. The largest absolute Gasteiger partial charge is 0.457 e. The summed E-state index contributed by atoms with van der Waals surface area (Å²) in [7, 11) is 0. The molecular weight excluding hydrogens is 454 g/mol. The van der Waals surface area contributed by atoms with Crippen molar-refractivity contribution in [1.29, 1.82) is 5.26 Å². The molecule has 0 spiro atoms. The van der Waals surface area contributed by atoms with E-state index in [2.05, 4.69) is 21.1 Å². The first-order valence-electron chi connectivity index (χ1n) is 11.0. The minimum atomic E-state index is -0.722. The number of ether oxygens (including phenoxy) is 1. The number of benzene rings is 2. The van der Waals surface area contributed by atoms with Crippen molar-refractivity contribution >= 4 is 5.82 Å². The Morgan fingerprint density at radius 2 is 1.86 bits per heavy atom. The highest BCUT2D eigenvalue weighted by Crippen LogP contribution is 2.28. The van der Waals surface area contributed by atoms with Crippen molar-refractivity contribution in [3.05, 3.63) is 94.8 Å². The number of hydrogen-bond acceptors (Lipinski definition) is 6. The maximum Gasteiger partial charge on any atom is 0.350 e. The van der Waals surface area contributed by atoms with Gasteiger partial charge in [0.05, 0.1) is 24.2 Å². The molecule has 2 aromatic carbocycles. The van der Waals surface area contributed by atoms with Crippen molar-refractivity contribution in [3.63, 3.8) is 0 Å². The lowest BCUT2D eigenvalue weighted by molar-refractivity contribution is 0.481. The summed E-state index contributed by atoms with van der Waals surface area (Å²) in [4.78, 5) is 19.2. The number of hydrogen-bond donors (Lipinski definition) is 0. The van der Waals surface area contributed by atoms with Crippen molar-refractivity contribution < 1.29 is 13.5 Å². The molecule has 1 aliphatic rings. The van der Waals surface area contributed by atoms with E-state index in [4.69, 9.17) is 10.00 Å². The summed E-state index contributed by atoms with van der Waals surface area (Å²) in [5, 5.41) is 13.2. The van der Waals surface area contributed by atoms with Gasteiger partial charge in [0.1, 0.15) is 35.3 Å². The van der Waals surface area contributed by atoms with Crippen molar-refractivity contribution in [2.45, 2.75) is 13.0 Å². The third-order valence-corrected chi connectivity index (χ3v) is 5.85. The molecule has 5 rings (SSSR count). The molecule has 176 valence electrons. The number of anilines is 1. The molecule has 4 aromatic rings. The maximum absolute atomic E-state index is 14.0. The van der Waals surface area contributed by atoms with Crippen LogP contribution in [0.4, 0.5) is 14.6 Å². The lowest BCUT2D eigenvalue weighted by Crippen LogP contribution is -2.24. The molecule has 0 aliphatic carbocycles. The van der Waals surface area contributed by atoms with Gasteiger partial charge in [-0.05, 0) is 48.9 Å². The predicted octanol–water partition coefficient (Wildman–Crippen LogP) is 3.90. The minimum absolute atomic E-state index is 0.00606. The van der Waals surface area contributed by atoms with Gasteiger partial charge in [0.25, 0.3) is 0 Å². The first kappa shape index (κ1) is 22.3. The van der Waals surface area contributed by atoms with Gasteiger partial charge in [-0.2, -0.15) is 15.0 Å². The van der Waals surface area contributed by atoms with Crippen LogP contribution in [-0.4, -0.2) is 32.4 Å². The van der Waals surface area contributed by atoms with E-state index in [-0.39, 0.29) is 18.0 Å². The van der Waals surface area contributed by atoms with E-state index >= 15 is 0 Å². The van der Waals surface area contributed by atoms with Gasteiger partial charge in [-0.15, -0.1) is 0 Å². The molecule has 1 atom stereocenters. The molecule has 0 saturated carbocycles. The highest BCUT2D eigenvalue weighted by atomic mass is 19.1. The zero-order chi connectivity index (χ0) is 24.4. The van der Waals surface area contributed by atoms with Gasteiger partial charge < -0.3 is 9.64 Å². The summed E-state index contributed by atoms with van der Waals surface area (Å²) >= 11 is 0. The average molecular weight is 474 g/mol. The van der Waals surface area contributed by atoms with E-state index in [1.54, 1.807) is 36.5 Å². The fourth-order valence-electron chi connectivity index (χ4n) is 3.98. The molecule has 0 bridgehead atoms. The normalized spacial score (nSPS) is 15.2. The summed E-state index contributed by atoms with van der Waals surface area (Å²) in [6.07, 6.45) is 3.71. The zero-order valence-corrected chi connectivity index (χ0v) is 18.5. The zero-order valence-electron chi connectivity index (χ0n) is 18.5. The fourth-order valence-corrected chi connectivity index (χ4v) is 3.98. The number of aromatic nitrogens is 4. The molecule has 8 nitrogen and oxygen atoms in total. The molecule has 2 aromatic heterocycles. The van der Waals surface area contributed by atoms with Crippen LogP contribution in [0.2, 0.25) is 0 Å². The van der Waals surface area contributed by atoms with Crippen LogP contribution in [0.15, 0.2) is 71.9 Å². The van der Waals surface area contributed by atoms with Crippen LogP contribution in [-0.2, 0) is 6.54 Å². The van der Waals surface area contributed by atoms with Gasteiger partial charge >= 0.3 is 5.69 Å². The number of nitrogens with zero attached hydrogens (tertiary/aromatic N) is 6. The van der Waals surface area contributed by atoms with Gasteiger partial charge in [0.15, 0.2) is 0 Å². The van der Waals surface area contributed by atoms with Crippen molar-refractivity contribution in [2.75, 3.05) is 18.0 Å². The van der Waals surface area contributed by atoms with Crippen molar-refractivity contribution in [1.82, 2.24) is 19.3 Å². The molecular formula is C25H20F2N6O2. The number of pyridine rings is 1. The van der Waals surface area contributed by atoms with Crippen LogP contribution in [0, 0.1) is 28.9 Å². The Bertz CT molecular complexity index is 1440. The smallest absolute Gasteiger partial charge is 0.350 e. The summed E-state index contributed by atoms with van der Waals surface area (Å²) in [5.41, 5.74) is -0.252. The number of nitriles is 1. The first-order valence-corrected chi connectivity index (χ1v) is 11.0. The summed E-state index contributed by atoms with van der Waals surface area (Å²) in [6.45, 7) is 1.15. The number of rotatable bonds is 6.